The van der Waals surface area contributed by atoms with E-state index >= 15 is 0 Å². The maximum atomic E-state index is 9.33. The van der Waals surface area contributed by atoms with Crippen LogP contribution in [-0.4, -0.2) is 37.1 Å². The van der Waals surface area contributed by atoms with Gasteiger partial charge in [0, 0.05) is 22.7 Å². The number of pyridine rings is 1. The van der Waals surface area contributed by atoms with Crippen LogP contribution in [0.4, 0.5) is 5.82 Å². The molecule has 10 nitrogen and oxygen atoms in total. The predicted molar refractivity (Wildman–Crippen MR) is 119 cm³/mol. The number of methoxy groups -OCH3 is 1. The van der Waals surface area contributed by atoms with Crippen LogP contribution in [0.5, 0.6) is 5.88 Å². The van der Waals surface area contributed by atoms with Gasteiger partial charge in [-0.05, 0) is 31.0 Å². The summed E-state index contributed by atoms with van der Waals surface area (Å²) < 4.78 is 5.22. The lowest BCUT2D eigenvalue weighted by molar-refractivity contribution is 0.0713. The minimum Gasteiger partial charge on any atom is -0.478 e. The first kappa shape index (κ1) is 20.3. The van der Waals surface area contributed by atoms with E-state index in [1.165, 1.54) is 7.11 Å². The predicted octanol–water partition coefficient (Wildman–Crippen LogP) is 3.08. The number of fused-ring (bicyclic) bond motifs is 1. The van der Waals surface area contributed by atoms with Gasteiger partial charge in [0.1, 0.15) is 5.69 Å². The zero-order valence-electron chi connectivity index (χ0n) is 17.8. The van der Waals surface area contributed by atoms with E-state index in [9.17, 15) is 10.5 Å². The van der Waals surface area contributed by atoms with E-state index < -0.39 is 5.54 Å². The number of nitrogens with two attached hydrogens (primary N) is 1. The molecule has 3 heterocycles. The number of nitrogens with zero attached hydrogens (tertiary/aromatic N) is 8. The molecule has 0 atom stereocenters. The van der Waals surface area contributed by atoms with Crippen LogP contribution in [0.2, 0.25) is 0 Å². The van der Waals surface area contributed by atoms with Crippen molar-refractivity contribution in [2.75, 3.05) is 12.8 Å². The van der Waals surface area contributed by atoms with E-state index in [1.54, 1.807) is 23.4 Å². The second kappa shape index (κ2) is 7.84. The maximum absolute atomic E-state index is 9.33. The maximum Gasteiger partial charge on any atom is 0.257 e. The number of rotatable bonds is 5. The monoisotopic (exact) mass is 437 g/mol. The normalized spacial score (nSPS) is 19.4. The zero-order valence-corrected chi connectivity index (χ0v) is 17.8. The van der Waals surface area contributed by atoms with E-state index in [-0.39, 0.29) is 24.0 Å². The zero-order chi connectivity index (χ0) is 23.0. The molecule has 0 saturated heterocycles. The molecule has 1 fully saturated rings. The van der Waals surface area contributed by atoms with Gasteiger partial charge in [-0.3, -0.25) is 4.98 Å². The summed E-state index contributed by atoms with van der Waals surface area (Å²) in [4.78, 5) is 14.8. The summed E-state index contributed by atoms with van der Waals surface area (Å²) >= 11 is 0. The first-order chi connectivity index (χ1) is 16.1. The smallest absolute Gasteiger partial charge is 0.257 e. The van der Waals surface area contributed by atoms with Gasteiger partial charge < -0.3 is 10.5 Å². The highest BCUT2D eigenvalue weighted by atomic mass is 16.5. The molecule has 0 aliphatic heterocycles. The molecule has 0 bridgehead atoms. The quantitative estimate of drug-likeness (QED) is 0.496. The summed E-state index contributed by atoms with van der Waals surface area (Å²) in [5.74, 6) is 0.374. The van der Waals surface area contributed by atoms with Crippen molar-refractivity contribution in [2.45, 2.75) is 24.8 Å². The molecular formula is C23H19N9O. The molecule has 0 spiro atoms. The average molecular weight is 437 g/mol. The highest BCUT2D eigenvalue weighted by Crippen LogP contribution is 2.45. The van der Waals surface area contributed by atoms with Crippen molar-refractivity contribution >= 4 is 16.7 Å². The van der Waals surface area contributed by atoms with Gasteiger partial charge in [-0.15, -0.1) is 0 Å². The van der Waals surface area contributed by atoms with Crippen LogP contribution in [0.25, 0.3) is 33.4 Å². The van der Waals surface area contributed by atoms with Crippen LogP contribution < -0.4 is 10.5 Å². The summed E-state index contributed by atoms with van der Waals surface area (Å²) in [6.07, 6.45) is 6.37. The second-order valence-electron chi connectivity index (χ2n) is 8.06. The van der Waals surface area contributed by atoms with Gasteiger partial charge in [0.25, 0.3) is 5.88 Å². The number of aromatic nitrogens is 6. The molecule has 5 rings (SSSR count). The Balaban J connectivity index is 1.62. The first-order valence-corrected chi connectivity index (χ1v) is 10.3. The van der Waals surface area contributed by atoms with Crippen molar-refractivity contribution in [3.63, 3.8) is 0 Å². The van der Waals surface area contributed by atoms with Crippen molar-refractivity contribution < 1.29 is 4.74 Å². The van der Waals surface area contributed by atoms with Crippen LogP contribution in [0.3, 0.4) is 0 Å². The van der Waals surface area contributed by atoms with Crippen LogP contribution in [0.1, 0.15) is 19.3 Å². The Morgan fingerprint density at radius 2 is 2.06 bits per heavy atom. The third kappa shape index (κ3) is 3.38. The molecule has 1 aliphatic rings. The highest BCUT2D eigenvalue weighted by molar-refractivity contribution is 5.96. The first-order valence-electron chi connectivity index (χ1n) is 10.3. The lowest BCUT2D eigenvalue weighted by Gasteiger charge is -2.42. The number of nitrogen functional groups attached to an aromatic ring is 1. The van der Waals surface area contributed by atoms with Crippen LogP contribution >= 0.6 is 0 Å². The summed E-state index contributed by atoms with van der Waals surface area (Å²) in [5.41, 5.74) is 8.86. The molecule has 0 unspecified atom stereocenters. The molecule has 3 aromatic heterocycles. The number of ether oxygens (including phenoxy) is 1. The van der Waals surface area contributed by atoms with Crippen molar-refractivity contribution in [3.8, 4) is 40.5 Å². The van der Waals surface area contributed by atoms with E-state index in [0.29, 0.717) is 24.2 Å². The topological polar surface area (TPSA) is 152 Å². The summed E-state index contributed by atoms with van der Waals surface area (Å²) in [5, 5.41) is 28.7. The molecule has 0 amide bonds. The van der Waals surface area contributed by atoms with Gasteiger partial charge in [-0.25, -0.2) is 9.97 Å². The van der Waals surface area contributed by atoms with Gasteiger partial charge in [0.05, 0.1) is 60.7 Å². The molecule has 0 radical (unpaired) electrons. The van der Waals surface area contributed by atoms with E-state index in [0.717, 1.165) is 22.0 Å². The van der Waals surface area contributed by atoms with Gasteiger partial charge >= 0.3 is 0 Å². The lowest BCUT2D eigenvalue weighted by atomic mass is 9.68. The van der Waals surface area contributed by atoms with Crippen molar-refractivity contribution in [1.82, 2.24) is 29.9 Å². The molecule has 2 N–H and O–H groups in total. The third-order valence-electron chi connectivity index (χ3n) is 6.01. The molecule has 4 aromatic rings. The molecule has 162 valence electrons. The van der Waals surface area contributed by atoms with Gasteiger partial charge in [-0.2, -0.15) is 25.5 Å². The fourth-order valence-corrected chi connectivity index (χ4v) is 4.30. The fraction of sp³-hybridized carbons (Fsp3) is 0.261. The van der Waals surface area contributed by atoms with E-state index in [4.69, 9.17) is 15.6 Å². The Morgan fingerprint density at radius 1 is 1.21 bits per heavy atom. The van der Waals surface area contributed by atoms with Gasteiger partial charge in [0.2, 0.25) is 0 Å². The minimum atomic E-state index is -0.547. The molecule has 10 heteroatoms. The Kier molecular flexibility index (Phi) is 4.83. The lowest BCUT2D eigenvalue weighted by Crippen LogP contribution is -2.47. The number of anilines is 1. The Hall–Kier alpha value is -4.57. The van der Waals surface area contributed by atoms with Gasteiger partial charge in [0.15, 0.2) is 5.82 Å². The molecular weight excluding hydrogens is 418 g/mol. The second-order valence-corrected chi connectivity index (χ2v) is 8.06. The van der Waals surface area contributed by atoms with Gasteiger partial charge in [-0.1, -0.05) is 6.07 Å². The van der Waals surface area contributed by atoms with Crippen LogP contribution in [0.15, 0.2) is 42.9 Å². The Bertz CT molecular complexity index is 1440. The highest BCUT2D eigenvalue weighted by Gasteiger charge is 2.48. The minimum absolute atomic E-state index is 0.0831. The van der Waals surface area contributed by atoms with Crippen LogP contribution in [0, 0.1) is 28.6 Å². The van der Waals surface area contributed by atoms with E-state index in [1.807, 2.05) is 24.3 Å². The molecule has 1 aromatic carbocycles. The number of hydrogen-bond acceptors (Lipinski definition) is 9. The third-order valence-corrected chi connectivity index (χ3v) is 6.01. The largest absolute Gasteiger partial charge is 0.478 e. The Morgan fingerprint density at radius 3 is 2.82 bits per heavy atom. The standard InChI is InChI=1S/C23H19N9O/c1-33-22-21(26)28-12-19(30-22)15-7-17(16-3-2-6-27-18(16)8-15)20-13-29-32(31-20)23(4-5-24)9-14(10-23)11-25/h2-3,6-8,12-14H,4,9-10H2,1H3,(H2,26,28)/t14-,23-. The summed E-state index contributed by atoms with van der Waals surface area (Å²) in [6.45, 7) is 0. The SMILES string of the molecule is COc1nc(-c2cc(-c3cnn([C@]4(CC#N)C[C@@H](C#N)C4)n3)c3cccnc3c2)cnc1N. The van der Waals surface area contributed by atoms with Crippen molar-refractivity contribution in [3.05, 3.63) is 42.9 Å². The molecule has 1 aliphatic carbocycles. The average Bonchev–Trinajstić information content (AvgIpc) is 3.31. The Labute approximate surface area is 189 Å². The number of benzene rings is 1. The van der Waals surface area contributed by atoms with Crippen LogP contribution in [-0.2, 0) is 5.54 Å². The fourth-order valence-electron chi connectivity index (χ4n) is 4.30. The van der Waals surface area contributed by atoms with Crippen molar-refractivity contribution in [1.29, 1.82) is 10.5 Å². The number of nitriles is 2. The van der Waals surface area contributed by atoms with Crippen molar-refractivity contribution in [2.24, 2.45) is 5.92 Å². The summed E-state index contributed by atoms with van der Waals surface area (Å²) in [7, 11) is 1.49. The number of hydrogen-bond donors (Lipinski definition) is 1. The molecule has 1 saturated carbocycles. The summed E-state index contributed by atoms with van der Waals surface area (Å²) in [6, 6.07) is 12.2. The van der Waals surface area contributed by atoms with E-state index in [2.05, 4.69) is 32.2 Å². The molecule has 33 heavy (non-hydrogen) atoms.